The minimum absolute atomic E-state index is 0.0523. The molecular formula is C26H43NO2Si. The lowest BCUT2D eigenvalue weighted by Gasteiger charge is -2.45. The first-order valence-electron chi connectivity index (χ1n) is 11.8. The van der Waals surface area contributed by atoms with Gasteiger partial charge in [-0.25, -0.2) is 0 Å². The molecule has 2 aliphatic rings. The van der Waals surface area contributed by atoms with Crippen molar-refractivity contribution in [3.8, 4) is 0 Å². The van der Waals surface area contributed by atoms with Gasteiger partial charge in [-0.2, -0.15) is 0 Å². The van der Waals surface area contributed by atoms with Crippen LogP contribution in [0.2, 0.25) is 18.1 Å². The van der Waals surface area contributed by atoms with Crippen LogP contribution in [0.15, 0.2) is 6.08 Å². The Kier molecular flexibility index (Phi) is 6.46. The zero-order valence-corrected chi connectivity index (χ0v) is 21.8. The molecule has 0 spiro atoms. The van der Waals surface area contributed by atoms with Crippen LogP contribution in [0.4, 0.5) is 0 Å². The van der Waals surface area contributed by atoms with Gasteiger partial charge in [0.2, 0.25) is 0 Å². The van der Waals surface area contributed by atoms with Gasteiger partial charge < -0.3 is 9.53 Å². The van der Waals surface area contributed by atoms with Crippen LogP contribution in [0.25, 0.3) is 5.57 Å². The van der Waals surface area contributed by atoms with E-state index in [1.165, 1.54) is 28.8 Å². The third kappa shape index (κ3) is 4.47. The number of nitrogens with zero attached hydrogens (tertiary/aromatic N) is 1. The molecule has 168 valence electrons. The summed E-state index contributed by atoms with van der Waals surface area (Å²) in [4.78, 5) is 5.20. The van der Waals surface area contributed by atoms with Crippen LogP contribution >= 0.6 is 0 Å². The van der Waals surface area contributed by atoms with Crippen LogP contribution in [0, 0.1) is 5.41 Å². The van der Waals surface area contributed by atoms with E-state index >= 15 is 0 Å². The summed E-state index contributed by atoms with van der Waals surface area (Å²) in [5, 5.41) is 10.6. The van der Waals surface area contributed by atoms with E-state index in [1.807, 2.05) is 0 Å². The first-order valence-corrected chi connectivity index (χ1v) is 14.7. The number of aliphatic hydroxyl groups is 1. The lowest BCUT2D eigenvalue weighted by Crippen LogP contribution is -2.44. The normalized spacial score (nSPS) is 21.7. The zero-order valence-electron chi connectivity index (χ0n) is 20.8. The molecule has 1 aromatic rings. The molecule has 30 heavy (non-hydrogen) atoms. The molecule has 0 bridgehead atoms. The van der Waals surface area contributed by atoms with Crippen molar-refractivity contribution >= 4 is 13.9 Å². The number of aromatic nitrogens is 1. The summed E-state index contributed by atoms with van der Waals surface area (Å²) in [6.45, 7) is 20.8. The van der Waals surface area contributed by atoms with Gasteiger partial charge in [0.05, 0.1) is 12.7 Å². The predicted molar refractivity (Wildman–Crippen MR) is 129 cm³/mol. The number of pyridine rings is 1. The standard InChI is InChI=1S/C26H43NO2Si/c1-17(2)24-19(16-28)22(18-12-10-11-13-18)23-20(27-24)14-26(6,7)15-21(23)29-30(8,9)25(3,4)5/h12,17,21,28H,10-11,13-16H2,1-9H3. The van der Waals surface area contributed by atoms with Gasteiger partial charge in [0, 0.05) is 22.5 Å². The largest absolute Gasteiger partial charge is 0.410 e. The fourth-order valence-corrected chi connectivity index (χ4v) is 6.12. The molecular weight excluding hydrogens is 386 g/mol. The summed E-state index contributed by atoms with van der Waals surface area (Å²) in [5.41, 5.74) is 7.46. The molecule has 0 saturated heterocycles. The van der Waals surface area contributed by atoms with Gasteiger partial charge in [-0.1, -0.05) is 54.5 Å². The SMILES string of the molecule is CC(C)c1nc2c(c(C3=CCCC3)c1CO)C(O[Si](C)(C)C(C)(C)C)CC(C)(C)C2. The monoisotopic (exact) mass is 429 g/mol. The highest BCUT2D eigenvalue weighted by atomic mass is 28.4. The Morgan fingerprint density at radius 2 is 1.93 bits per heavy atom. The summed E-state index contributed by atoms with van der Waals surface area (Å²) in [6.07, 6.45) is 7.87. The van der Waals surface area contributed by atoms with Gasteiger partial charge in [0.25, 0.3) is 0 Å². The molecule has 2 aliphatic carbocycles. The molecule has 1 aromatic heterocycles. The number of hydrogen-bond donors (Lipinski definition) is 1. The van der Waals surface area contributed by atoms with Crippen molar-refractivity contribution in [2.24, 2.45) is 5.41 Å². The second kappa shape index (κ2) is 8.18. The molecule has 3 nitrogen and oxygen atoms in total. The fraction of sp³-hybridized carbons (Fsp3) is 0.731. The molecule has 0 saturated carbocycles. The Labute approximate surface area is 185 Å². The first kappa shape index (κ1) is 23.7. The Hall–Kier alpha value is -0.973. The molecule has 0 amide bonds. The molecule has 1 unspecified atom stereocenters. The highest BCUT2D eigenvalue weighted by Gasteiger charge is 2.44. The van der Waals surface area contributed by atoms with Crippen LogP contribution < -0.4 is 0 Å². The quantitative estimate of drug-likeness (QED) is 0.499. The molecule has 1 heterocycles. The van der Waals surface area contributed by atoms with E-state index in [0.717, 1.165) is 36.9 Å². The Morgan fingerprint density at radius 3 is 2.43 bits per heavy atom. The molecule has 0 fully saturated rings. The van der Waals surface area contributed by atoms with Gasteiger partial charge in [0.1, 0.15) is 0 Å². The highest BCUT2D eigenvalue weighted by Crippen LogP contribution is 2.50. The van der Waals surface area contributed by atoms with E-state index < -0.39 is 8.32 Å². The van der Waals surface area contributed by atoms with E-state index in [4.69, 9.17) is 9.41 Å². The fourth-order valence-electron chi connectivity index (χ4n) is 4.85. The van der Waals surface area contributed by atoms with Crippen molar-refractivity contribution in [2.75, 3.05) is 0 Å². The Morgan fingerprint density at radius 1 is 1.27 bits per heavy atom. The first-order chi connectivity index (χ1) is 13.8. The van der Waals surface area contributed by atoms with Gasteiger partial charge in [-0.15, -0.1) is 0 Å². The lowest BCUT2D eigenvalue weighted by molar-refractivity contribution is 0.105. The van der Waals surface area contributed by atoms with E-state index in [0.29, 0.717) is 5.92 Å². The minimum Gasteiger partial charge on any atom is -0.410 e. The Bertz CT molecular complexity index is 830. The predicted octanol–water partition coefficient (Wildman–Crippen LogP) is 7.30. The van der Waals surface area contributed by atoms with E-state index in [2.05, 4.69) is 67.6 Å². The van der Waals surface area contributed by atoms with Crippen LogP contribution in [0.3, 0.4) is 0 Å². The van der Waals surface area contributed by atoms with E-state index in [-0.39, 0.29) is 23.2 Å². The third-order valence-corrected chi connectivity index (χ3v) is 11.9. The number of rotatable bonds is 5. The molecule has 1 N–H and O–H groups in total. The molecule has 0 aliphatic heterocycles. The maximum Gasteiger partial charge on any atom is 0.192 e. The second-order valence-corrected chi connectivity index (χ2v) is 16.8. The maximum atomic E-state index is 10.5. The van der Waals surface area contributed by atoms with Gasteiger partial charge in [0.15, 0.2) is 8.32 Å². The van der Waals surface area contributed by atoms with Crippen molar-refractivity contribution in [3.05, 3.63) is 34.2 Å². The van der Waals surface area contributed by atoms with E-state index in [9.17, 15) is 5.11 Å². The minimum atomic E-state index is -1.96. The topological polar surface area (TPSA) is 42.4 Å². The van der Waals surface area contributed by atoms with E-state index in [1.54, 1.807) is 0 Å². The lowest BCUT2D eigenvalue weighted by atomic mass is 9.72. The van der Waals surface area contributed by atoms with Crippen LogP contribution in [-0.2, 0) is 17.5 Å². The van der Waals surface area contributed by atoms with Gasteiger partial charge in [-0.05, 0) is 72.7 Å². The zero-order chi connectivity index (χ0) is 22.5. The van der Waals surface area contributed by atoms with Crippen molar-refractivity contribution in [1.29, 1.82) is 0 Å². The number of hydrogen-bond acceptors (Lipinski definition) is 3. The van der Waals surface area contributed by atoms with Crippen molar-refractivity contribution in [2.45, 2.75) is 117 Å². The molecule has 1 atom stereocenters. The summed E-state index contributed by atoms with van der Waals surface area (Å²) in [7, 11) is -1.96. The highest BCUT2D eigenvalue weighted by molar-refractivity contribution is 6.74. The summed E-state index contributed by atoms with van der Waals surface area (Å²) >= 11 is 0. The second-order valence-electron chi connectivity index (χ2n) is 12.1. The Balaban J connectivity index is 2.26. The van der Waals surface area contributed by atoms with Crippen molar-refractivity contribution < 1.29 is 9.53 Å². The number of allylic oxidation sites excluding steroid dienone is 2. The number of aliphatic hydroxyl groups excluding tert-OH is 1. The summed E-state index contributed by atoms with van der Waals surface area (Å²) in [5.74, 6) is 0.294. The van der Waals surface area contributed by atoms with Gasteiger partial charge >= 0.3 is 0 Å². The van der Waals surface area contributed by atoms with Crippen molar-refractivity contribution in [3.63, 3.8) is 0 Å². The van der Waals surface area contributed by atoms with Crippen molar-refractivity contribution in [1.82, 2.24) is 4.98 Å². The molecule has 3 rings (SSSR count). The van der Waals surface area contributed by atoms with Gasteiger partial charge in [-0.3, -0.25) is 4.98 Å². The van der Waals surface area contributed by atoms with Crippen LogP contribution in [0.5, 0.6) is 0 Å². The molecule has 0 aromatic carbocycles. The average molecular weight is 430 g/mol. The summed E-state index contributed by atoms with van der Waals surface area (Å²) < 4.78 is 7.10. The average Bonchev–Trinajstić information content (AvgIpc) is 3.11. The number of fused-ring (bicyclic) bond motifs is 1. The van der Waals surface area contributed by atoms with Crippen LogP contribution in [-0.4, -0.2) is 18.4 Å². The molecule has 4 heteroatoms. The maximum absolute atomic E-state index is 10.5. The third-order valence-electron chi connectivity index (χ3n) is 7.46. The summed E-state index contributed by atoms with van der Waals surface area (Å²) in [6, 6.07) is 0. The molecule has 0 radical (unpaired) electrons. The van der Waals surface area contributed by atoms with Crippen LogP contribution in [0.1, 0.15) is 114 Å². The smallest absolute Gasteiger partial charge is 0.192 e.